The third kappa shape index (κ3) is 2.38. The van der Waals surface area contributed by atoms with Crippen molar-refractivity contribution in [2.24, 2.45) is 0 Å². The molecule has 2 rings (SSSR count). The van der Waals surface area contributed by atoms with Gasteiger partial charge in [-0.15, -0.1) is 0 Å². The summed E-state index contributed by atoms with van der Waals surface area (Å²) in [5, 5.41) is 10.5. The SMILES string of the molecule is CNCc1cc(-c2c(C)cc(C)cc2OC)n[nH]1. The van der Waals surface area contributed by atoms with Crippen LogP contribution in [0.4, 0.5) is 0 Å². The molecule has 4 heteroatoms. The van der Waals surface area contributed by atoms with Gasteiger partial charge in [0.1, 0.15) is 5.75 Å². The molecule has 1 aromatic carbocycles. The van der Waals surface area contributed by atoms with Gasteiger partial charge < -0.3 is 10.1 Å². The molecule has 0 aliphatic carbocycles. The van der Waals surface area contributed by atoms with E-state index in [0.717, 1.165) is 29.2 Å². The van der Waals surface area contributed by atoms with Crippen LogP contribution in [0.15, 0.2) is 18.2 Å². The third-order valence-electron chi connectivity index (χ3n) is 2.92. The Morgan fingerprint density at radius 1 is 1.28 bits per heavy atom. The molecule has 0 aliphatic rings. The van der Waals surface area contributed by atoms with Gasteiger partial charge in [0, 0.05) is 17.8 Å². The molecule has 0 bridgehead atoms. The average molecular weight is 245 g/mol. The second-order valence-corrected chi connectivity index (χ2v) is 4.47. The van der Waals surface area contributed by atoms with Crippen LogP contribution in [0.2, 0.25) is 0 Å². The number of hydrogen-bond acceptors (Lipinski definition) is 3. The Labute approximate surface area is 107 Å². The van der Waals surface area contributed by atoms with E-state index in [0.29, 0.717) is 0 Å². The minimum absolute atomic E-state index is 0.778. The Hall–Kier alpha value is -1.81. The second-order valence-electron chi connectivity index (χ2n) is 4.47. The van der Waals surface area contributed by atoms with Crippen molar-refractivity contribution < 1.29 is 4.74 Å². The fourth-order valence-electron chi connectivity index (χ4n) is 2.19. The summed E-state index contributed by atoms with van der Waals surface area (Å²) in [5.74, 6) is 0.870. The summed E-state index contributed by atoms with van der Waals surface area (Å²) in [6.45, 7) is 4.92. The molecule has 2 aromatic rings. The fraction of sp³-hybridized carbons (Fsp3) is 0.357. The van der Waals surface area contributed by atoms with Crippen LogP contribution in [0.5, 0.6) is 5.75 Å². The van der Waals surface area contributed by atoms with E-state index in [1.165, 1.54) is 11.1 Å². The van der Waals surface area contributed by atoms with Crippen LogP contribution in [0.25, 0.3) is 11.3 Å². The van der Waals surface area contributed by atoms with E-state index in [-0.39, 0.29) is 0 Å². The molecule has 0 aliphatic heterocycles. The number of aromatic amines is 1. The molecule has 0 fully saturated rings. The molecule has 1 heterocycles. The van der Waals surface area contributed by atoms with Gasteiger partial charge in [-0.25, -0.2) is 0 Å². The van der Waals surface area contributed by atoms with Gasteiger partial charge in [0.05, 0.1) is 12.8 Å². The Bertz CT molecular complexity index is 546. The summed E-state index contributed by atoms with van der Waals surface area (Å²) in [4.78, 5) is 0. The minimum Gasteiger partial charge on any atom is -0.496 e. The zero-order valence-corrected chi connectivity index (χ0v) is 11.3. The lowest BCUT2D eigenvalue weighted by Crippen LogP contribution is -2.04. The summed E-state index contributed by atoms with van der Waals surface area (Å²) in [6.07, 6.45) is 0. The van der Waals surface area contributed by atoms with Gasteiger partial charge in [0.15, 0.2) is 0 Å². The Morgan fingerprint density at radius 2 is 2.06 bits per heavy atom. The van der Waals surface area contributed by atoms with Crippen LogP contribution in [-0.2, 0) is 6.54 Å². The summed E-state index contributed by atoms with van der Waals surface area (Å²) < 4.78 is 5.46. The van der Waals surface area contributed by atoms with Crippen LogP contribution in [-0.4, -0.2) is 24.4 Å². The number of rotatable bonds is 4. The maximum atomic E-state index is 5.46. The lowest BCUT2D eigenvalue weighted by molar-refractivity contribution is 0.415. The van der Waals surface area contributed by atoms with Crippen molar-refractivity contribution in [1.29, 1.82) is 0 Å². The van der Waals surface area contributed by atoms with Gasteiger partial charge in [-0.2, -0.15) is 5.10 Å². The molecule has 0 amide bonds. The molecule has 2 N–H and O–H groups in total. The maximum absolute atomic E-state index is 5.46. The smallest absolute Gasteiger partial charge is 0.128 e. The monoisotopic (exact) mass is 245 g/mol. The third-order valence-corrected chi connectivity index (χ3v) is 2.92. The molecular weight excluding hydrogens is 226 g/mol. The zero-order chi connectivity index (χ0) is 13.1. The normalized spacial score (nSPS) is 10.7. The molecular formula is C14H19N3O. The molecule has 0 spiro atoms. The van der Waals surface area contributed by atoms with E-state index < -0.39 is 0 Å². The van der Waals surface area contributed by atoms with E-state index in [1.54, 1.807) is 7.11 Å². The van der Waals surface area contributed by atoms with Crippen LogP contribution in [0.3, 0.4) is 0 Å². The first-order chi connectivity index (χ1) is 8.65. The molecule has 0 atom stereocenters. The number of H-pyrrole nitrogens is 1. The molecule has 96 valence electrons. The summed E-state index contributed by atoms with van der Waals surface area (Å²) in [7, 11) is 3.61. The first kappa shape index (κ1) is 12.6. The highest BCUT2D eigenvalue weighted by Crippen LogP contribution is 2.33. The first-order valence-electron chi connectivity index (χ1n) is 6.00. The van der Waals surface area contributed by atoms with Gasteiger partial charge in [-0.3, -0.25) is 5.10 Å². The largest absolute Gasteiger partial charge is 0.496 e. The highest BCUT2D eigenvalue weighted by molar-refractivity contribution is 5.71. The summed E-state index contributed by atoms with van der Waals surface area (Å²) in [5.41, 5.74) is 5.42. The predicted molar refractivity (Wildman–Crippen MR) is 72.8 cm³/mol. The van der Waals surface area contributed by atoms with Crippen LogP contribution < -0.4 is 10.1 Å². The highest BCUT2D eigenvalue weighted by Gasteiger charge is 2.13. The van der Waals surface area contributed by atoms with Crippen LogP contribution in [0, 0.1) is 13.8 Å². The lowest BCUT2D eigenvalue weighted by Gasteiger charge is -2.10. The number of benzene rings is 1. The first-order valence-corrected chi connectivity index (χ1v) is 6.00. The topological polar surface area (TPSA) is 49.9 Å². The molecule has 1 aromatic heterocycles. The van der Waals surface area contributed by atoms with Gasteiger partial charge >= 0.3 is 0 Å². The van der Waals surface area contributed by atoms with Crippen molar-refractivity contribution in [2.75, 3.05) is 14.2 Å². The van der Waals surface area contributed by atoms with Crippen molar-refractivity contribution in [3.8, 4) is 17.0 Å². The number of aromatic nitrogens is 2. The summed E-state index contributed by atoms with van der Waals surface area (Å²) >= 11 is 0. The highest BCUT2D eigenvalue weighted by atomic mass is 16.5. The molecule has 0 saturated heterocycles. The number of hydrogen-bond donors (Lipinski definition) is 2. The quantitative estimate of drug-likeness (QED) is 0.869. The van der Waals surface area contributed by atoms with Crippen LogP contribution in [0.1, 0.15) is 16.8 Å². The van der Waals surface area contributed by atoms with E-state index in [2.05, 4.69) is 41.5 Å². The molecule has 0 unspecified atom stereocenters. The molecule has 18 heavy (non-hydrogen) atoms. The molecule has 0 saturated carbocycles. The number of ether oxygens (including phenoxy) is 1. The number of nitrogens with zero attached hydrogens (tertiary/aromatic N) is 1. The van der Waals surface area contributed by atoms with E-state index >= 15 is 0 Å². The Kier molecular flexibility index (Phi) is 3.67. The van der Waals surface area contributed by atoms with Gasteiger partial charge in [-0.1, -0.05) is 6.07 Å². The molecule has 4 nitrogen and oxygen atoms in total. The van der Waals surface area contributed by atoms with Crippen molar-refractivity contribution in [3.05, 3.63) is 35.0 Å². The van der Waals surface area contributed by atoms with Crippen molar-refractivity contribution in [1.82, 2.24) is 15.5 Å². The number of aryl methyl sites for hydroxylation is 2. The van der Waals surface area contributed by atoms with E-state index in [1.807, 2.05) is 13.1 Å². The standard InChI is InChI=1S/C14H19N3O/c1-9-5-10(2)14(13(6-9)18-4)12-7-11(8-15-3)16-17-12/h5-7,15H,8H2,1-4H3,(H,16,17). The molecule has 0 radical (unpaired) electrons. The minimum atomic E-state index is 0.778. The fourth-order valence-corrected chi connectivity index (χ4v) is 2.19. The average Bonchev–Trinajstić information content (AvgIpc) is 2.76. The second kappa shape index (κ2) is 5.23. The summed E-state index contributed by atoms with van der Waals surface area (Å²) in [6, 6.07) is 6.23. The predicted octanol–water partition coefficient (Wildman–Crippen LogP) is 2.42. The van der Waals surface area contributed by atoms with Gasteiger partial charge in [-0.05, 0) is 44.2 Å². The van der Waals surface area contributed by atoms with Crippen molar-refractivity contribution >= 4 is 0 Å². The number of nitrogens with one attached hydrogen (secondary N) is 2. The number of methoxy groups -OCH3 is 1. The van der Waals surface area contributed by atoms with Crippen molar-refractivity contribution in [2.45, 2.75) is 20.4 Å². The zero-order valence-electron chi connectivity index (χ0n) is 11.3. The van der Waals surface area contributed by atoms with E-state index in [9.17, 15) is 0 Å². The lowest BCUT2D eigenvalue weighted by atomic mass is 10.0. The van der Waals surface area contributed by atoms with Crippen LogP contribution >= 0.6 is 0 Å². The Morgan fingerprint density at radius 3 is 2.72 bits per heavy atom. The Balaban J connectivity index is 2.48. The van der Waals surface area contributed by atoms with E-state index in [4.69, 9.17) is 4.74 Å². The van der Waals surface area contributed by atoms with Crippen molar-refractivity contribution in [3.63, 3.8) is 0 Å². The van der Waals surface area contributed by atoms with Gasteiger partial charge in [0.25, 0.3) is 0 Å². The van der Waals surface area contributed by atoms with Gasteiger partial charge in [0.2, 0.25) is 0 Å². The maximum Gasteiger partial charge on any atom is 0.128 e.